The van der Waals surface area contributed by atoms with E-state index >= 15 is 0 Å². The van der Waals surface area contributed by atoms with Gasteiger partial charge in [-0.3, -0.25) is 0 Å². The van der Waals surface area contributed by atoms with Crippen LogP contribution in [0.15, 0.2) is 0 Å². The van der Waals surface area contributed by atoms with Gasteiger partial charge < -0.3 is 15.0 Å². The highest BCUT2D eigenvalue weighted by atomic mass is 16.6. The maximum Gasteiger partial charge on any atom is 0.410 e. The van der Waals surface area contributed by atoms with E-state index < -0.39 is 5.60 Å². The lowest BCUT2D eigenvalue weighted by molar-refractivity contribution is 0.0260. The number of ether oxygens (including phenoxy) is 1. The van der Waals surface area contributed by atoms with Gasteiger partial charge in [-0.15, -0.1) is 0 Å². The van der Waals surface area contributed by atoms with E-state index in [2.05, 4.69) is 12.2 Å². The summed E-state index contributed by atoms with van der Waals surface area (Å²) in [5, 5.41) is 3.51. The zero-order chi connectivity index (χ0) is 15.2. The molecule has 118 valence electrons. The van der Waals surface area contributed by atoms with E-state index in [0.29, 0.717) is 19.1 Å². The van der Waals surface area contributed by atoms with Crippen LogP contribution in [-0.4, -0.2) is 42.3 Å². The van der Waals surface area contributed by atoms with Crippen LogP contribution in [0.4, 0.5) is 4.79 Å². The van der Waals surface area contributed by atoms with Crippen LogP contribution in [-0.2, 0) is 4.74 Å². The second-order valence-electron chi connectivity index (χ2n) is 6.95. The number of rotatable bonds is 7. The van der Waals surface area contributed by atoms with Crippen molar-refractivity contribution < 1.29 is 9.53 Å². The Hall–Kier alpha value is -0.770. The van der Waals surface area contributed by atoms with Gasteiger partial charge in [0.1, 0.15) is 5.60 Å². The fourth-order valence-corrected chi connectivity index (χ4v) is 2.46. The molecule has 0 aliphatic heterocycles. The first kappa shape index (κ1) is 17.3. The lowest BCUT2D eigenvalue weighted by Gasteiger charge is -2.29. The number of hydrogen-bond acceptors (Lipinski definition) is 3. The van der Waals surface area contributed by atoms with Crippen molar-refractivity contribution in [1.82, 2.24) is 10.2 Å². The summed E-state index contributed by atoms with van der Waals surface area (Å²) >= 11 is 0. The third kappa shape index (κ3) is 6.60. The Balaban J connectivity index is 2.21. The zero-order valence-electron chi connectivity index (χ0n) is 13.9. The standard InChI is InChI=1S/C16H32N2O2/c1-6-18(15(19)20-16(3,4)5)11-10-17-13(2)12-14-8-7-9-14/h13-14,17H,6-12H2,1-5H3. The highest BCUT2D eigenvalue weighted by Gasteiger charge is 2.22. The minimum absolute atomic E-state index is 0.214. The summed E-state index contributed by atoms with van der Waals surface area (Å²) in [4.78, 5) is 13.7. The SMILES string of the molecule is CCN(CCNC(C)CC1CCC1)C(=O)OC(C)(C)C. The largest absolute Gasteiger partial charge is 0.444 e. The Morgan fingerprint density at radius 1 is 1.40 bits per heavy atom. The molecule has 1 fully saturated rings. The van der Waals surface area contributed by atoms with Gasteiger partial charge in [-0.25, -0.2) is 4.79 Å². The van der Waals surface area contributed by atoms with Crippen molar-refractivity contribution in [2.45, 2.75) is 71.9 Å². The van der Waals surface area contributed by atoms with Crippen molar-refractivity contribution in [1.29, 1.82) is 0 Å². The molecule has 20 heavy (non-hydrogen) atoms. The second-order valence-corrected chi connectivity index (χ2v) is 6.95. The van der Waals surface area contributed by atoms with Crippen molar-refractivity contribution >= 4 is 6.09 Å². The molecule has 1 N–H and O–H groups in total. The summed E-state index contributed by atoms with van der Waals surface area (Å²) < 4.78 is 5.40. The Kier molecular flexibility index (Phi) is 6.80. The van der Waals surface area contributed by atoms with Gasteiger partial charge in [-0.2, -0.15) is 0 Å². The molecule has 0 saturated heterocycles. The van der Waals surface area contributed by atoms with Gasteiger partial charge in [-0.05, 0) is 47.0 Å². The number of nitrogens with zero attached hydrogens (tertiary/aromatic N) is 1. The predicted molar refractivity (Wildman–Crippen MR) is 82.9 cm³/mol. The van der Waals surface area contributed by atoms with Gasteiger partial charge in [0.25, 0.3) is 0 Å². The third-order valence-corrected chi connectivity index (χ3v) is 3.82. The molecule has 1 saturated carbocycles. The number of carbonyl (C=O) groups is 1. The molecule has 1 rings (SSSR count). The van der Waals surface area contributed by atoms with E-state index in [1.807, 2.05) is 27.7 Å². The quantitative estimate of drug-likeness (QED) is 0.779. The maximum absolute atomic E-state index is 12.0. The lowest BCUT2D eigenvalue weighted by Crippen LogP contribution is -2.42. The molecule has 0 radical (unpaired) electrons. The first-order valence-corrected chi connectivity index (χ1v) is 8.03. The zero-order valence-corrected chi connectivity index (χ0v) is 13.9. The summed E-state index contributed by atoms with van der Waals surface area (Å²) in [6, 6.07) is 0.539. The molecule has 1 amide bonds. The Labute approximate surface area is 124 Å². The van der Waals surface area contributed by atoms with Crippen molar-refractivity contribution in [2.75, 3.05) is 19.6 Å². The van der Waals surface area contributed by atoms with Gasteiger partial charge in [0.05, 0.1) is 0 Å². The second kappa shape index (κ2) is 7.87. The normalized spacial score (nSPS) is 17.4. The number of likely N-dealkylation sites (N-methyl/N-ethyl adjacent to an activating group) is 1. The molecule has 4 nitrogen and oxygen atoms in total. The van der Waals surface area contributed by atoms with E-state index in [1.54, 1.807) is 4.90 Å². The molecule has 0 aromatic heterocycles. The van der Waals surface area contributed by atoms with E-state index in [4.69, 9.17) is 4.74 Å². The van der Waals surface area contributed by atoms with Crippen molar-refractivity contribution in [3.63, 3.8) is 0 Å². The average molecular weight is 284 g/mol. The van der Waals surface area contributed by atoms with Crippen LogP contribution in [0.3, 0.4) is 0 Å². The van der Waals surface area contributed by atoms with Crippen LogP contribution in [0, 0.1) is 5.92 Å². The van der Waals surface area contributed by atoms with Crippen LogP contribution in [0.25, 0.3) is 0 Å². The number of nitrogens with one attached hydrogen (secondary N) is 1. The molecule has 0 aromatic carbocycles. The predicted octanol–water partition coefficient (Wildman–Crippen LogP) is 3.41. The molecule has 0 aromatic rings. The number of carbonyl (C=O) groups excluding carboxylic acids is 1. The monoisotopic (exact) mass is 284 g/mol. The highest BCUT2D eigenvalue weighted by Crippen LogP contribution is 2.30. The van der Waals surface area contributed by atoms with Crippen LogP contribution in [0.5, 0.6) is 0 Å². The summed E-state index contributed by atoms with van der Waals surface area (Å²) in [5.74, 6) is 0.922. The Bertz CT molecular complexity index is 295. The van der Waals surface area contributed by atoms with Gasteiger partial charge in [0.15, 0.2) is 0 Å². The summed E-state index contributed by atoms with van der Waals surface area (Å²) in [7, 11) is 0. The fraction of sp³-hybridized carbons (Fsp3) is 0.938. The fourth-order valence-electron chi connectivity index (χ4n) is 2.46. The first-order valence-electron chi connectivity index (χ1n) is 8.03. The number of hydrogen-bond donors (Lipinski definition) is 1. The topological polar surface area (TPSA) is 41.6 Å². The van der Waals surface area contributed by atoms with Crippen LogP contribution < -0.4 is 5.32 Å². The summed E-state index contributed by atoms with van der Waals surface area (Å²) in [5.41, 5.74) is -0.421. The molecular weight excluding hydrogens is 252 g/mol. The van der Waals surface area contributed by atoms with Gasteiger partial charge >= 0.3 is 6.09 Å². The van der Waals surface area contributed by atoms with E-state index in [-0.39, 0.29) is 6.09 Å². The Morgan fingerprint density at radius 3 is 2.50 bits per heavy atom. The van der Waals surface area contributed by atoms with Gasteiger partial charge in [0, 0.05) is 25.7 Å². The first-order chi connectivity index (χ1) is 9.31. The molecular formula is C16H32N2O2. The molecule has 0 bridgehead atoms. The highest BCUT2D eigenvalue weighted by molar-refractivity contribution is 5.68. The van der Waals surface area contributed by atoms with Gasteiger partial charge in [-0.1, -0.05) is 19.3 Å². The molecule has 4 heteroatoms. The van der Waals surface area contributed by atoms with Crippen molar-refractivity contribution in [2.24, 2.45) is 5.92 Å². The smallest absolute Gasteiger partial charge is 0.410 e. The van der Waals surface area contributed by atoms with Crippen LogP contribution >= 0.6 is 0 Å². The molecule has 1 aliphatic rings. The summed E-state index contributed by atoms with van der Waals surface area (Å²) in [6.07, 6.45) is 5.24. The summed E-state index contributed by atoms with van der Waals surface area (Å²) in [6.45, 7) is 12.2. The molecule has 1 aliphatic carbocycles. The van der Waals surface area contributed by atoms with Gasteiger partial charge in [0.2, 0.25) is 0 Å². The number of amides is 1. The minimum atomic E-state index is -0.421. The van der Waals surface area contributed by atoms with E-state index in [9.17, 15) is 4.79 Å². The van der Waals surface area contributed by atoms with E-state index in [1.165, 1.54) is 25.7 Å². The molecule has 0 heterocycles. The van der Waals surface area contributed by atoms with Crippen LogP contribution in [0.2, 0.25) is 0 Å². The third-order valence-electron chi connectivity index (χ3n) is 3.82. The lowest BCUT2D eigenvalue weighted by atomic mass is 9.81. The molecule has 0 spiro atoms. The van der Waals surface area contributed by atoms with Crippen molar-refractivity contribution in [3.05, 3.63) is 0 Å². The van der Waals surface area contributed by atoms with Crippen LogP contribution in [0.1, 0.15) is 60.3 Å². The van der Waals surface area contributed by atoms with Crippen molar-refractivity contribution in [3.8, 4) is 0 Å². The molecule has 1 atom stereocenters. The van der Waals surface area contributed by atoms with E-state index in [0.717, 1.165) is 12.5 Å². The Morgan fingerprint density at radius 2 is 2.05 bits per heavy atom. The minimum Gasteiger partial charge on any atom is -0.444 e. The maximum atomic E-state index is 12.0. The molecule has 1 unspecified atom stereocenters. The average Bonchev–Trinajstić information content (AvgIpc) is 2.27.